The number of H-pyrrole nitrogens is 1. The number of nitrogens with zero attached hydrogens (tertiary/aromatic N) is 1. The molecule has 0 radical (unpaired) electrons. The summed E-state index contributed by atoms with van der Waals surface area (Å²) in [6.45, 7) is 5.94. The second kappa shape index (κ2) is 7.37. The third kappa shape index (κ3) is 3.51. The molecule has 27 heavy (non-hydrogen) atoms. The molecule has 5 nitrogen and oxygen atoms in total. The Labute approximate surface area is 158 Å². The van der Waals surface area contributed by atoms with Crippen LogP contribution in [-0.4, -0.2) is 28.3 Å². The van der Waals surface area contributed by atoms with Crippen LogP contribution in [0.2, 0.25) is 0 Å². The van der Waals surface area contributed by atoms with Gasteiger partial charge in [-0.3, -0.25) is 4.79 Å². The molecule has 0 aromatic carbocycles. The van der Waals surface area contributed by atoms with E-state index in [0.29, 0.717) is 18.2 Å². The van der Waals surface area contributed by atoms with E-state index in [1.54, 1.807) is 13.2 Å². The van der Waals surface area contributed by atoms with E-state index in [4.69, 9.17) is 4.42 Å². The molecular weight excluding hydrogens is 338 g/mol. The molecule has 0 bridgehead atoms. The molecule has 2 N–H and O–H groups in total. The van der Waals surface area contributed by atoms with Crippen molar-refractivity contribution in [3.05, 3.63) is 60.6 Å². The highest BCUT2D eigenvalue weighted by Gasteiger charge is 2.21. The molecule has 0 saturated carbocycles. The highest BCUT2D eigenvalue weighted by Crippen LogP contribution is 2.36. The molecule has 3 aromatic rings. The third-order valence-electron chi connectivity index (χ3n) is 5.18. The van der Waals surface area contributed by atoms with Gasteiger partial charge in [0.15, 0.2) is 5.78 Å². The number of allylic oxidation sites excluding steroid dienone is 1. The van der Waals surface area contributed by atoms with E-state index in [1.807, 2.05) is 24.5 Å². The Morgan fingerprint density at radius 1 is 1.41 bits per heavy atom. The molecule has 3 aromatic heterocycles. The topological polar surface area (TPSA) is 70.9 Å². The minimum absolute atomic E-state index is 0.0420. The summed E-state index contributed by atoms with van der Waals surface area (Å²) in [6, 6.07) is 6.26. The van der Waals surface area contributed by atoms with Crippen LogP contribution >= 0.6 is 0 Å². The monoisotopic (exact) mass is 361 g/mol. The largest absolute Gasteiger partial charge is 0.464 e. The third-order valence-corrected chi connectivity index (χ3v) is 5.18. The first-order valence-corrected chi connectivity index (χ1v) is 9.25. The first kappa shape index (κ1) is 17.5. The zero-order valence-corrected chi connectivity index (χ0v) is 15.4. The molecule has 1 unspecified atom stereocenters. The zero-order valence-electron chi connectivity index (χ0n) is 15.4. The van der Waals surface area contributed by atoms with Crippen LogP contribution in [0.5, 0.6) is 0 Å². The Hall–Kier alpha value is -2.92. The number of aromatic nitrogens is 2. The van der Waals surface area contributed by atoms with Gasteiger partial charge in [-0.1, -0.05) is 12.7 Å². The normalized spacial score (nSPS) is 17.1. The minimum atomic E-state index is 0.0420. The maximum Gasteiger partial charge on any atom is 0.156 e. The fourth-order valence-corrected chi connectivity index (χ4v) is 3.65. The number of Topliss-reactive ketones (excluding diaryl/α,β-unsaturated/α-hetero) is 1. The second-order valence-corrected chi connectivity index (χ2v) is 7.01. The molecule has 5 heteroatoms. The number of ketones is 1. The number of carbonyl (C=O) groups is 1. The number of carbonyl (C=O) groups excluding carboxylic acids is 1. The number of hydrogen-bond donors (Lipinski definition) is 2. The summed E-state index contributed by atoms with van der Waals surface area (Å²) < 4.78 is 5.62. The predicted molar refractivity (Wildman–Crippen MR) is 107 cm³/mol. The van der Waals surface area contributed by atoms with Crippen LogP contribution in [-0.2, 0) is 4.79 Å². The van der Waals surface area contributed by atoms with Crippen molar-refractivity contribution in [3.8, 4) is 11.3 Å². The summed E-state index contributed by atoms with van der Waals surface area (Å²) in [5.74, 6) is 0.875. The van der Waals surface area contributed by atoms with Crippen LogP contribution in [0.4, 0.5) is 0 Å². The number of hydrogen-bond acceptors (Lipinski definition) is 4. The molecule has 0 aliphatic heterocycles. The molecule has 3 heterocycles. The summed E-state index contributed by atoms with van der Waals surface area (Å²) in [4.78, 5) is 19.1. The Morgan fingerprint density at radius 2 is 2.30 bits per heavy atom. The predicted octanol–water partition coefficient (Wildman–Crippen LogP) is 4.49. The highest BCUT2D eigenvalue weighted by molar-refractivity contribution is 6.00. The molecule has 0 spiro atoms. The number of nitrogens with one attached hydrogen (secondary N) is 2. The van der Waals surface area contributed by atoms with Crippen molar-refractivity contribution in [2.45, 2.75) is 32.2 Å². The van der Waals surface area contributed by atoms with Gasteiger partial charge in [0.1, 0.15) is 11.4 Å². The van der Waals surface area contributed by atoms with Gasteiger partial charge in [-0.25, -0.2) is 4.98 Å². The van der Waals surface area contributed by atoms with E-state index in [1.165, 1.54) is 11.1 Å². The molecule has 0 amide bonds. The van der Waals surface area contributed by atoms with Crippen LogP contribution in [0, 0.1) is 0 Å². The fraction of sp³-hybridized carbons (Fsp3) is 0.273. The number of fused-ring (bicyclic) bond motifs is 1. The Kier molecular flexibility index (Phi) is 4.77. The summed E-state index contributed by atoms with van der Waals surface area (Å²) in [5, 5.41) is 4.57. The molecular formula is C22H23N3O2. The van der Waals surface area contributed by atoms with Crippen molar-refractivity contribution in [2.75, 3.05) is 6.54 Å². The van der Waals surface area contributed by atoms with Crippen LogP contribution in [0.25, 0.3) is 27.9 Å². The Morgan fingerprint density at radius 3 is 3.07 bits per heavy atom. The van der Waals surface area contributed by atoms with E-state index in [9.17, 15) is 4.79 Å². The maximum absolute atomic E-state index is 11.4. The SMILES string of the molecule is C=C(CNC1CCC=C(c2ccnc3[nH]cc(-c4ccco4)c23)C1)C(C)=O. The van der Waals surface area contributed by atoms with E-state index < -0.39 is 0 Å². The summed E-state index contributed by atoms with van der Waals surface area (Å²) in [6.07, 6.45) is 10.8. The van der Waals surface area contributed by atoms with Gasteiger partial charge >= 0.3 is 0 Å². The van der Waals surface area contributed by atoms with Gasteiger partial charge in [0.25, 0.3) is 0 Å². The van der Waals surface area contributed by atoms with Crippen molar-refractivity contribution in [3.63, 3.8) is 0 Å². The quantitative estimate of drug-likeness (QED) is 0.635. The smallest absolute Gasteiger partial charge is 0.156 e. The molecule has 1 aliphatic rings. The zero-order chi connectivity index (χ0) is 18.8. The van der Waals surface area contributed by atoms with E-state index in [0.717, 1.165) is 41.6 Å². The fourth-order valence-electron chi connectivity index (χ4n) is 3.65. The van der Waals surface area contributed by atoms with Gasteiger partial charge in [-0.2, -0.15) is 0 Å². The van der Waals surface area contributed by atoms with Crippen molar-refractivity contribution >= 4 is 22.4 Å². The lowest BCUT2D eigenvalue weighted by atomic mass is 9.88. The lowest BCUT2D eigenvalue weighted by molar-refractivity contribution is -0.113. The first-order chi connectivity index (χ1) is 13.1. The molecule has 0 saturated heterocycles. The lowest BCUT2D eigenvalue weighted by Gasteiger charge is -2.25. The molecule has 138 valence electrons. The number of rotatable bonds is 6. The van der Waals surface area contributed by atoms with E-state index in [2.05, 4.69) is 34.0 Å². The van der Waals surface area contributed by atoms with Crippen molar-refractivity contribution in [1.82, 2.24) is 15.3 Å². The highest BCUT2D eigenvalue weighted by atomic mass is 16.3. The number of furan rings is 1. The van der Waals surface area contributed by atoms with Gasteiger partial charge < -0.3 is 14.7 Å². The molecule has 1 atom stereocenters. The van der Waals surface area contributed by atoms with Gasteiger partial charge in [-0.05, 0) is 55.5 Å². The standard InChI is InChI=1S/C22H23N3O2/c1-14(15(2)26)12-24-17-6-3-5-16(11-17)18-8-9-23-22-21(18)19(13-25-22)20-7-4-10-27-20/h4-5,7-10,13,17,24H,1,3,6,11-12H2,2H3,(H,23,25). The summed E-state index contributed by atoms with van der Waals surface area (Å²) >= 11 is 0. The molecule has 0 fully saturated rings. The summed E-state index contributed by atoms with van der Waals surface area (Å²) in [7, 11) is 0. The van der Waals surface area contributed by atoms with Gasteiger partial charge in [0, 0.05) is 41.5 Å². The van der Waals surface area contributed by atoms with Crippen molar-refractivity contribution in [1.29, 1.82) is 0 Å². The molecule has 4 rings (SSSR count). The van der Waals surface area contributed by atoms with Gasteiger partial charge in [0.05, 0.1) is 6.26 Å². The van der Waals surface area contributed by atoms with Crippen LogP contribution in [0.1, 0.15) is 31.7 Å². The van der Waals surface area contributed by atoms with Gasteiger partial charge in [-0.15, -0.1) is 0 Å². The number of aromatic amines is 1. The van der Waals surface area contributed by atoms with E-state index >= 15 is 0 Å². The maximum atomic E-state index is 11.4. The summed E-state index contributed by atoms with van der Waals surface area (Å²) in [5.41, 5.74) is 5.00. The van der Waals surface area contributed by atoms with Gasteiger partial charge in [0.2, 0.25) is 0 Å². The van der Waals surface area contributed by atoms with Crippen molar-refractivity contribution in [2.24, 2.45) is 0 Å². The van der Waals surface area contributed by atoms with Crippen molar-refractivity contribution < 1.29 is 9.21 Å². The van der Waals surface area contributed by atoms with E-state index in [-0.39, 0.29) is 5.78 Å². The average Bonchev–Trinajstić information content (AvgIpc) is 3.35. The lowest BCUT2D eigenvalue weighted by Crippen LogP contribution is -2.33. The molecule has 1 aliphatic carbocycles. The number of pyridine rings is 1. The Balaban J connectivity index is 1.62. The second-order valence-electron chi connectivity index (χ2n) is 7.01. The minimum Gasteiger partial charge on any atom is -0.464 e. The Bertz CT molecular complexity index is 1010. The average molecular weight is 361 g/mol. The first-order valence-electron chi connectivity index (χ1n) is 9.25. The van der Waals surface area contributed by atoms with Crippen LogP contribution in [0.3, 0.4) is 0 Å². The van der Waals surface area contributed by atoms with Crippen LogP contribution in [0.15, 0.2) is 59.5 Å². The van der Waals surface area contributed by atoms with Crippen LogP contribution < -0.4 is 5.32 Å².